The van der Waals surface area contributed by atoms with Crippen LogP contribution >= 0.6 is 0 Å². The van der Waals surface area contributed by atoms with Gasteiger partial charge in [0.2, 0.25) is 0 Å². The van der Waals surface area contributed by atoms with Gasteiger partial charge >= 0.3 is 0 Å². The van der Waals surface area contributed by atoms with Crippen LogP contribution in [0.1, 0.15) is 33.5 Å². The maximum Gasteiger partial charge on any atom is 0.193 e. The molecule has 1 heterocycles. The molecule has 4 rings (SSSR count). The molecule has 1 aromatic heterocycles. The summed E-state index contributed by atoms with van der Waals surface area (Å²) < 4.78 is 0. The van der Waals surface area contributed by atoms with Crippen LogP contribution in [0.5, 0.6) is 0 Å². The van der Waals surface area contributed by atoms with Crippen molar-refractivity contribution in [2.75, 3.05) is 0 Å². The predicted molar refractivity (Wildman–Crippen MR) is 83.6 cm³/mol. The largest absolute Gasteiger partial charge is 0.289 e. The van der Waals surface area contributed by atoms with Gasteiger partial charge in [-0.3, -0.25) is 9.78 Å². The van der Waals surface area contributed by atoms with Gasteiger partial charge in [-0.25, -0.2) is 0 Å². The van der Waals surface area contributed by atoms with Gasteiger partial charge < -0.3 is 0 Å². The van der Waals surface area contributed by atoms with Gasteiger partial charge in [0.15, 0.2) is 5.78 Å². The van der Waals surface area contributed by atoms with E-state index in [0.717, 1.165) is 34.7 Å². The minimum absolute atomic E-state index is 0.0986. The molecule has 3 aromatic rings. The van der Waals surface area contributed by atoms with Crippen molar-refractivity contribution in [3.63, 3.8) is 0 Å². The number of carbonyl (C=O) groups is 1. The van der Waals surface area contributed by atoms with Gasteiger partial charge in [-0.2, -0.15) is 0 Å². The van der Waals surface area contributed by atoms with Crippen molar-refractivity contribution in [1.82, 2.24) is 4.98 Å². The summed E-state index contributed by atoms with van der Waals surface area (Å²) in [6, 6.07) is 13.9. The molecule has 2 heteroatoms. The zero-order valence-corrected chi connectivity index (χ0v) is 11.7. The van der Waals surface area contributed by atoms with Gasteiger partial charge in [-0.05, 0) is 47.9 Å². The van der Waals surface area contributed by atoms with E-state index in [-0.39, 0.29) is 5.78 Å². The average Bonchev–Trinajstić information content (AvgIpc) is 3.01. The Hall–Kier alpha value is -2.48. The number of aromatic nitrogens is 1. The fraction of sp³-hybridized carbons (Fsp3) is 0.158. The van der Waals surface area contributed by atoms with Crippen LogP contribution in [0.25, 0.3) is 10.8 Å². The lowest BCUT2D eigenvalue weighted by Gasteiger charge is -2.07. The Bertz CT molecular complexity index is 846. The van der Waals surface area contributed by atoms with E-state index in [9.17, 15) is 4.79 Å². The highest BCUT2D eigenvalue weighted by Crippen LogP contribution is 2.26. The lowest BCUT2D eigenvalue weighted by atomic mass is 9.96. The van der Waals surface area contributed by atoms with Gasteiger partial charge in [0.1, 0.15) is 0 Å². The molecule has 0 bridgehead atoms. The monoisotopic (exact) mass is 273 g/mol. The number of pyridine rings is 1. The van der Waals surface area contributed by atoms with Crippen molar-refractivity contribution in [3.05, 3.63) is 77.1 Å². The molecule has 21 heavy (non-hydrogen) atoms. The van der Waals surface area contributed by atoms with Gasteiger partial charge in [-0.15, -0.1) is 0 Å². The Labute approximate surface area is 123 Å². The van der Waals surface area contributed by atoms with E-state index in [1.54, 1.807) is 12.4 Å². The van der Waals surface area contributed by atoms with E-state index in [1.807, 2.05) is 30.3 Å². The minimum Gasteiger partial charge on any atom is -0.289 e. The van der Waals surface area contributed by atoms with Crippen LogP contribution in [-0.2, 0) is 12.8 Å². The molecular weight excluding hydrogens is 258 g/mol. The van der Waals surface area contributed by atoms with Crippen molar-refractivity contribution in [2.45, 2.75) is 19.3 Å². The van der Waals surface area contributed by atoms with Crippen molar-refractivity contribution in [1.29, 1.82) is 0 Å². The molecule has 0 spiro atoms. The van der Waals surface area contributed by atoms with Crippen LogP contribution in [0, 0.1) is 0 Å². The molecule has 1 aliphatic carbocycles. The van der Waals surface area contributed by atoms with E-state index in [0.29, 0.717) is 0 Å². The maximum atomic E-state index is 12.8. The second-order valence-corrected chi connectivity index (χ2v) is 5.57. The zero-order chi connectivity index (χ0) is 14.2. The molecule has 0 amide bonds. The Balaban J connectivity index is 1.83. The van der Waals surface area contributed by atoms with Gasteiger partial charge in [0.25, 0.3) is 0 Å². The molecule has 0 fully saturated rings. The van der Waals surface area contributed by atoms with Crippen LogP contribution in [0.2, 0.25) is 0 Å². The summed E-state index contributed by atoms with van der Waals surface area (Å²) in [4.78, 5) is 17.0. The third kappa shape index (κ3) is 2.04. The van der Waals surface area contributed by atoms with Crippen LogP contribution < -0.4 is 0 Å². The van der Waals surface area contributed by atoms with E-state index in [1.165, 1.54) is 17.5 Å². The molecule has 0 saturated carbocycles. The predicted octanol–water partition coefficient (Wildman–Crippen LogP) is 3.95. The SMILES string of the molecule is O=C(c1ccc2c(c1)CCC2)c1cccc2cnccc12. The number of hydrogen-bond acceptors (Lipinski definition) is 2. The summed E-state index contributed by atoms with van der Waals surface area (Å²) >= 11 is 0. The molecular formula is C19H15NO. The third-order valence-electron chi connectivity index (χ3n) is 4.29. The molecule has 102 valence electrons. The van der Waals surface area contributed by atoms with Gasteiger partial charge in [0.05, 0.1) is 0 Å². The van der Waals surface area contributed by atoms with Crippen LogP contribution in [0.4, 0.5) is 0 Å². The summed E-state index contributed by atoms with van der Waals surface area (Å²) in [5.74, 6) is 0.0986. The quantitative estimate of drug-likeness (QED) is 0.662. The third-order valence-corrected chi connectivity index (χ3v) is 4.29. The first-order valence-electron chi connectivity index (χ1n) is 7.32. The highest BCUT2D eigenvalue weighted by molar-refractivity contribution is 6.16. The maximum absolute atomic E-state index is 12.8. The summed E-state index contributed by atoms with van der Waals surface area (Å²) in [7, 11) is 0. The summed E-state index contributed by atoms with van der Waals surface area (Å²) in [5, 5.41) is 1.97. The lowest BCUT2D eigenvalue weighted by Crippen LogP contribution is -2.03. The molecule has 0 radical (unpaired) electrons. The van der Waals surface area contributed by atoms with E-state index in [2.05, 4.69) is 17.1 Å². The molecule has 0 N–H and O–H groups in total. The molecule has 0 saturated heterocycles. The van der Waals surface area contributed by atoms with Crippen LogP contribution in [-0.4, -0.2) is 10.8 Å². The summed E-state index contributed by atoms with van der Waals surface area (Å²) in [6.45, 7) is 0. The Morgan fingerprint density at radius 3 is 2.86 bits per heavy atom. The summed E-state index contributed by atoms with van der Waals surface area (Å²) in [5.41, 5.74) is 4.28. The van der Waals surface area contributed by atoms with Crippen molar-refractivity contribution >= 4 is 16.6 Å². The Kier molecular flexibility index (Phi) is 2.81. The fourth-order valence-corrected chi connectivity index (χ4v) is 3.19. The highest BCUT2D eigenvalue weighted by atomic mass is 16.1. The van der Waals surface area contributed by atoms with Crippen LogP contribution in [0.3, 0.4) is 0 Å². The zero-order valence-electron chi connectivity index (χ0n) is 11.7. The first kappa shape index (κ1) is 12.3. The number of rotatable bonds is 2. The first-order valence-corrected chi connectivity index (χ1v) is 7.32. The molecule has 1 aliphatic rings. The van der Waals surface area contributed by atoms with E-state index < -0.39 is 0 Å². The number of ketones is 1. The number of carbonyl (C=O) groups excluding carboxylic acids is 1. The highest BCUT2D eigenvalue weighted by Gasteiger charge is 2.16. The molecule has 2 nitrogen and oxygen atoms in total. The van der Waals surface area contributed by atoms with Crippen LogP contribution in [0.15, 0.2) is 54.9 Å². The van der Waals surface area contributed by atoms with E-state index in [4.69, 9.17) is 0 Å². The number of fused-ring (bicyclic) bond motifs is 2. The van der Waals surface area contributed by atoms with Gasteiger partial charge in [-0.1, -0.05) is 30.3 Å². The molecule has 0 atom stereocenters. The molecule has 0 unspecified atom stereocenters. The standard InChI is InChI=1S/C19H15NO/c21-19(15-8-7-13-3-1-4-14(13)11-15)18-6-2-5-16-12-20-10-9-17(16)18/h2,5-12H,1,3-4H2. The van der Waals surface area contributed by atoms with Crippen molar-refractivity contribution in [3.8, 4) is 0 Å². The number of nitrogens with zero attached hydrogens (tertiary/aromatic N) is 1. The summed E-state index contributed by atoms with van der Waals surface area (Å²) in [6.07, 6.45) is 6.98. The van der Waals surface area contributed by atoms with Crippen molar-refractivity contribution < 1.29 is 4.79 Å². The van der Waals surface area contributed by atoms with Gasteiger partial charge in [0, 0.05) is 28.9 Å². The Morgan fingerprint density at radius 1 is 1.00 bits per heavy atom. The number of benzene rings is 2. The number of aryl methyl sites for hydroxylation is 2. The number of hydrogen-bond donors (Lipinski definition) is 0. The van der Waals surface area contributed by atoms with E-state index >= 15 is 0 Å². The lowest BCUT2D eigenvalue weighted by molar-refractivity contribution is 0.104. The normalized spacial score (nSPS) is 13.3. The topological polar surface area (TPSA) is 30.0 Å². The molecule has 0 aliphatic heterocycles. The fourth-order valence-electron chi connectivity index (χ4n) is 3.19. The second-order valence-electron chi connectivity index (χ2n) is 5.57. The Morgan fingerprint density at radius 2 is 1.90 bits per heavy atom. The molecule has 2 aromatic carbocycles. The second kappa shape index (κ2) is 4.81. The minimum atomic E-state index is 0.0986. The first-order chi connectivity index (χ1) is 10.3. The average molecular weight is 273 g/mol. The smallest absolute Gasteiger partial charge is 0.193 e. The van der Waals surface area contributed by atoms with Crippen molar-refractivity contribution in [2.24, 2.45) is 0 Å².